The number of nitrogens with zero attached hydrogens (tertiary/aromatic N) is 3. The molecular weight excluding hydrogens is 432 g/mol. The minimum Gasteiger partial charge on any atom is -0.393 e. The molecule has 33 heavy (non-hydrogen) atoms. The Morgan fingerprint density at radius 2 is 1.85 bits per heavy atom. The minimum absolute atomic E-state index is 0.222. The largest absolute Gasteiger partial charge is 0.393 e. The van der Waals surface area contributed by atoms with Gasteiger partial charge < -0.3 is 14.7 Å². The predicted octanol–water partition coefficient (Wildman–Crippen LogP) is 4.70. The van der Waals surface area contributed by atoms with Crippen molar-refractivity contribution in [2.24, 2.45) is 0 Å². The van der Waals surface area contributed by atoms with Crippen molar-refractivity contribution in [3.05, 3.63) is 78.6 Å². The molecular formula is C26H26N4O2S. The van der Waals surface area contributed by atoms with Crippen LogP contribution in [-0.2, 0) is 11.0 Å². The third-order valence-electron chi connectivity index (χ3n) is 6.10. The highest BCUT2D eigenvalue weighted by molar-refractivity contribution is 7.86. The van der Waals surface area contributed by atoms with Gasteiger partial charge >= 0.3 is 0 Å². The molecule has 1 unspecified atom stereocenters. The second-order valence-corrected chi connectivity index (χ2v) is 9.56. The first kappa shape index (κ1) is 21.6. The smallest absolute Gasteiger partial charge is 0.151 e. The molecule has 6 nitrogen and oxygen atoms in total. The maximum atomic E-state index is 13.0. The number of hydrogen-bond acceptors (Lipinski definition) is 5. The zero-order valence-electron chi connectivity index (χ0n) is 18.4. The Morgan fingerprint density at radius 3 is 2.64 bits per heavy atom. The summed E-state index contributed by atoms with van der Waals surface area (Å²) in [5.74, 6) is 0.849. The SMILES string of the molecule is Cc1ccc(NS(=O)c2ccc(N3CCC(O)CC3)nc2)cc1-c1nccc2ccccc12. The van der Waals surface area contributed by atoms with Crippen LogP contribution in [0, 0.1) is 6.92 Å². The van der Waals surface area contributed by atoms with Crippen LogP contribution in [0.25, 0.3) is 22.0 Å². The first-order valence-corrected chi connectivity index (χ1v) is 12.3. The number of nitrogens with one attached hydrogen (secondary N) is 1. The van der Waals surface area contributed by atoms with E-state index < -0.39 is 11.0 Å². The maximum absolute atomic E-state index is 13.0. The average Bonchev–Trinajstić information content (AvgIpc) is 2.85. The van der Waals surface area contributed by atoms with Gasteiger partial charge in [0.25, 0.3) is 0 Å². The Hall–Kier alpha value is -3.29. The van der Waals surface area contributed by atoms with Gasteiger partial charge in [0.05, 0.1) is 16.7 Å². The van der Waals surface area contributed by atoms with E-state index in [1.54, 1.807) is 6.20 Å². The van der Waals surface area contributed by atoms with Crippen LogP contribution in [0.3, 0.4) is 0 Å². The van der Waals surface area contributed by atoms with Gasteiger partial charge in [0.1, 0.15) is 5.82 Å². The molecule has 1 aliphatic rings. The molecule has 1 aliphatic heterocycles. The van der Waals surface area contributed by atoms with Crippen molar-refractivity contribution in [2.75, 3.05) is 22.7 Å². The number of aromatic nitrogens is 2. The molecule has 0 amide bonds. The molecule has 1 saturated heterocycles. The standard InChI is InChI=1S/C26H26N4O2S/c1-18-6-7-20(16-24(18)26-23-5-3-2-4-19(23)10-13-27-26)29-33(32)22-8-9-25(28-17-22)30-14-11-21(31)12-15-30/h2-10,13,16-17,21,29,31H,11-12,14-15H2,1H3. The van der Waals surface area contributed by atoms with E-state index in [1.807, 2.05) is 54.7 Å². The van der Waals surface area contributed by atoms with Crippen LogP contribution in [0.4, 0.5) is 11.5 Å². The number of piperidine rings is 1. The summed E-state index contributed by atoms with van der Waals surface area (Å²) in [5, 5.41) is 11.9. The molecule has 0 bridgehead atoms. The van der Waals surface area contributed by atoms with E-state index in [1.165, 1.54) is 0 Å². The van der Waals surface area contributed by atoms with Crippen molar-refractivity contribution in [2.45, 2.75) is 30.8 Å². The molecule has 1 atom stereocenters. The van der Waals surface area contributed by atoms with E-state index in [9.17, 15) is 9.32 Å². The van der Waals surface area contributed by atoms with Crippen molar-refractivity contribution in [1.82, 2.24) is 9.97 Å². The Balaban J connectivity index is 1.36. The number of rotatable bonds is 5. The number of benzene rings is 2. The van der Waals surface area contributed by atoms with E-state index >= 15 is 0 Å². The number of hydrogen-bond donors (Lipinski definition) is 2. The van der Waals surface area contributed by atoms with Crippen molar-refractivity contribution >= 4 is 33.3 Å². The fraction of sp³-hybridized carbons (Fsp3) is 0.231. The van der Waals surface area contributed by atoms with E-state index in [4.69, 9.17) is 0 Å². The lowest BCUT2D eigenvalue weighted by Gasteiger charge is -2.30. The second kappa shape index (κ2) is 9.29. The third kappa shape index (κ3) is 4.60. The predicted molar refractivity (Wildman–Crippen MR) is 134 cm³/mol. The van der Waals surface area contributed by atoms with Gasteiger partial charge in [-0.05, 0) is 61.0 Å². The lowest BCUT2D eigenvalue weighted by molar-refractivity contribution is 0.145. The van der Waals surface area contributed by atoms with Crippen molar-refractivity contribution in [3.8, 4) is 11.3 Å². The molecule has 168 valence electrons. The van der Waals surface area contributed by atoms with Crippen LogP contribution in [0.15, 0.2) is 78.0 Å². The number of pyridine rings is 2. The van der Waals surface area contributed by atoms with Gasteiger partial charge in [-0.25, -0.2) is 9.19 Å². The van der Waals surface area contributed by atoms with Crippen LogP contribution in [0.1, 0.15) is 18.4 Å². The summed E-state index contributed by atoms with van der Waals surface area (Å²) in [5.41, 5.74) is 3.79. The summed E-state index contributed by atoms with van der Waals surface area (Å²) in [7, 11) is -1.44. The summed E-state index contributed by atoms with van der Waals surface area (Å²) >= 11 is 0. The first-order chi connectivity index (χ1) is 16.1. The van der Waals surface area contributed by atoms with Gasteiger partial charge in [-0.3, -0.25) is 4.98 Å². The quantitative estimate of drug-likeness (QED) is 0.453. The number of fused-ring (bicyclic) bond motifs is 1. The summed E-state index contributed by atoms with van der Waals surface area (Å²) in [4.78, 5) is 11.9. The lowest BCUT2D eigenvalue weighted by Crippen LogP contribution is -2.36. The molecule has 0 radical (unpaired) electrons. The van der Waals surface area contributed by atoms with Gasteiger partial charge in [0.2, 0.25) is 0 Å². The zero-order valence-corrected chi connectivity index (χ0v) is 19.3. The van der Waals surface area contributed by atoms with E-state index in [0.717, 1.165) is 65.0 Å². The van der Waals surface area contributed by atoms with E-state index in [0.29, 0.717) is 4.90 Å². The van der Waals surface area contributed by atoms with Gasteiger partial charge in [-0.15, -0.1) is 0 Å². The minimum atomic E-state index is -1.44. The fourth-order valence-electron chi connectivity index (χ4n) is 4.21. The average molecular weight is 459 g/mol. The summed E-state index contributed by atoms with van der Waals surface area (Å²) < 4.78 is 16.1. The van der Waals surface area contributed by atoms with Crippen molar-refractivity contribution in [3.63, 3.8) is 0 Å². The molecule has 2 aromatic carbocycles. The number of aryl methyl sites for hydroxylation is 1. The molecule has 5 rings (SSSR count). The molecule has 0 spiro atoms. The normalized spacial score (nSPS) is 15.5. The molecule has 4 aromatic rings. The van der Waals surface area contributed by atoms with Gasteiger partial charge in [0, 0.05) is 42.1 Å². The Labute approximate surface area is 195 Å². The van der Waals surface area contributed by atoms with Crippen LogP contribution in [-0.4, -0.2) is 38.5 Å². The van der Waals surface area contributed by atoms with Crippen molar-refractivity contribution < 1.29 is 9.32 Å². The van der Waals surface area contributed by atoms with Crippen LogP contribution < -0.4 is 9.62 Å². The Morgan fingerprint density at radius 1 is 1.03 bits per heavy atom. The molecule has 0 saturated carbocycles. The topological polar surface area (TPSA) is 78.4 Å². The molecule has 3 heterocycles. The maximum Gasteiger partial charge on any atom is 0.151 e. The Bertz CT molecular complexity index is 1300. The lowest BCUT2D eigenvalue weighted by atomic mass is 10.00. The first-order valence-electron chi connectivity index (χ1n) is 11.1. The number of aliphatic hydroxyl groups excluding tert-OH is 1. The van der Waals surface area contributed by atoms with E-state index in [2.05, 4.69) is 38.6 Å². The van der Waals surface area contributed by atoms with Gasteiger partial charge in [0.15, 0.2) is 11.0 Å². The third-order valence-corrected chi connectivity index (χ3v) is 7.19. The molecule has 1 fully saturated rings. The zero-order chi connectivity index (χ0) is 22.8. The Kier molecular flexibility index (Phi) is 6.07. The summed E-state index contributed by atoms with van der Waals surface area (Å²) in [6.07, 6.45) is 4.76. The summed E-state index contributed by atoms with van der Waals surface area (Å²) in [6, 6.07) is 19.9. The van der Waals surface area contributed by atoms with Gasteiger partial charge in [-0.2, -0.15) is 0 Å². The van der Waals surface area contributed by atoms with Crippen LogP contribution in [0.2, 0.25) is 0 Å². The number of aliphatic hydroxyl groups is 1. The second-order valence-electron chi connectivity index (χ2n) is 8.35. The van der Waals surface area contributed by atoms with E-state index in [-0.39, 0.29) is 6.10 Å². The molecule has 2 N–H and O–H groups in total. The number of anilines is 2. The van der Waals surface area contributed by atoms with Gasteiger partial charge in [-0.1, -0.05) is 30.3 Å². The molecule has 7 heteroatoms. The molecule has 2 aromatic heterocycles. The van der Waals surface area contributed by atoms with Crippen LogP contribution in [0.5, 0.6) is 0 Å². The highest BCUT2D eigenvalue weighted by Gasteiger charge is 2.18. The fourth-order valence-corrected chi connectivity index (χ4v) is 5.00. The summed E-state index contributed by atoms with van der Waals surface area (Å²) in [6.45, 7) is 3.62. The van der Waals surface area contributed by atoms with Crippen LogP contribution >= 0.6 is 0 Å². The monoisotopic (exact) mass is 458 g/mol. The highest BCUT2D eigenvalue weighted by Crippen LogP contribution is 2.31. The molecule has 0 aliphatic carbocycles. The highest BCUT2D eigenvalue weighted by atomic mass is 32.2. The van der Waals surface area contributed by atoms with Crippen molar-refractivity contribution in [1.29, 1.82) is 0 Å².